The fraction of sp³-hybridized carbons (Fsp3) is 0.364. The Hall–Kier alpha value is -2.48. The van der Waals surface area contributed by atoms with Gasteiger partial charge >= 0.3 is 0 Å². The normalized spacial score (nSPS) is 14.7. The van der Waals surface area contributed by atoms with E-state index in [9.17, 15) is 9.59 Å². The number of ether oxygens (including phenoxy) is 2. The van der Waals surface area contributed by atoms with Crippen LogP contribution in [0.5, 0.6) is 11.5 Å². The summed E-state index contributed by atoms with van der Waals surface area (Å²) >= 11 is 11.9. The molecule has 0 spiro atoms. The van der Waals surface area contributed by atoms with Crippen LogP contribution in [0.4, 0.5) is 11.4 Å². The van der Waals surface area contributed by atoms with E-state index in [1.165, 1.54) is 7.11 Å². The summed E-state index contributed by atoms with van der Waals surface area (Å²) in [7, 11) is 3.11. The highest BCUT2D eigenvalue weighted by atomic mass is 35.5. The van der Waals surface area contributed by atoms with Gasteiger partial charge in [0.1, 0.15) is 11.5 Å². The van der Waals surface area contributed by atoms with Crippen molar-refractivity contribution in [2.75, 3.05) is 44.5 Å². The standard InChI is InChI=1S/C22H25Cl2N3O4/c1-30-16-4-6-19(20(12-16)31-2)26-21(28)13-27-9-7-14(8-10-27)22(29)25-15-3-5-17(23)18(24)11-15/h3-6,11-12,14H,7-10,13H2,1-2H3,(H,25,29)(H,26,28). The molecule has 1 aliphatic heterocycles. The molecule has 0 unspecified atom stereocenters. The number of nitrogens with zero attached hydrogens (tertiary/aromatic N) is 1. The quantitative estimate of drug-likeness (QED) is 0.636. The number of piperidine rings is 1. The van der Waals surface area contributed by atoms with Crippen LogP contribution in [0.2, 0.25) is 10.0 Å². The summed E-state index contributed by atoms with van der Waals surface area (Å²) in [4.78, 5) is 27.1. The SMILES string of the molecule is COc1ccc(NC(=O)CN2CCC(C(=O)Nc3ccc(Cl)c(Cl)c3)CC2)c(OC)c1. The van der Waals surface area contributed by atoms with Gasteiger partial charge in [0.25, 0.3) is 0 Å². The van der Waals surface area contributed by atoms with Gasteiger partial charge in [-0.3, -0.25) is 14.5 Å². The molecule has 31 heavy (non-hydrogen) atoms. The lowest BCUT2D eigenvalue weighted by Crippen LogP contribution is -2.41. The average Bonchev–Trinajstić information content (AvgIpc) is 2.77. The van der Waals surface area contributed by atoms with Crippen molar-refractivity contribution < 1.29 is 19.1 Å². The van der Waals surface area contributed by atoms with Crippen LogP contribution < -0.4 is 20.1 Å². The lowest BCUT2D eigenvalue weighted by Gasteiger charge is -2.30. The van der Waals surface area contributed by atoms with E-state index in [4.69, 9.17) is 32.7 Å². The molecule has 0 saturated carbocycles. The molecular formula is C22H25Cl2N3O4. The van der Waals surface area contributed by atoms with Crippen LogP contribution in [0.3, 0.4) is 0 Å². The van der Waals surface area contributed by atoms with Gasteiger partial charge in [-0.15, -0.1) is 0 Å². The Balaban J connectivity index is 1.48. The Morgan fingerprint density at radius 1 is 1.00 bits per heavy atom. The zero-order valence-electron chi connectivity index (χ0n) is 17.4. The predicted molar refractivity (Wildman–Crippen MR) is 122 cm³/mol. The zero-order chi connectivity index (χ0) is 22.4. The lowest BCUT2D eigenvalue weighted by molar-refractivity contribution is -0.121. The molecule has 7 nitrogen and oxygen atoms in total. The van der Waals surface area contributed by atoms with E-state index in [1.807, 2.05) is 4.90 Å². The van der Waals surface area contributed by atoms with E-state index in [0.717, 1.165) is 0 Å². The molecule has 1 saturated heterocycles. The second-order valence-electron chi connectivity index (χ2n) is 7.28. The first-order chi connectivity index (χ1) is 14.9. The Labute approximate surface area is 191 Å². The van der Waals surface area contributed by atoms with Gasteiger partial charge in [0.15, 0.2) is 0 Å². The molecule has 3 rings (SSSR count). The second-order valence-corrected chi connectivity index (χ2v) is 8.10. The number of halogens is 2. The van der Waals surface area contributed by atoms with Crippen molar-refractivity contribution in [1.82, 2.24) is 4.90 Å². The molecule has 2 amide bonds. The monoisotopic (exact) mass is 465 g/mol. The van der Waals surface area contributed by atoms with Gasteiger partial charge in [0.05, 0.1) is 36.5 Å². The minimum Gasteiger partial charge on any atom is -0.497 e. The second kappa shape index (κ2) is 10.7. The number of hydrogen-bond donors (Lipinski definition) is 2. The summed E-state index contributed by atoms with van der Waals surface area (Å²) in [5.41, 5.74) is 1.21. The molecule has 0 aromatic heterocycles. The molecule has 2 N–H and O–H groups in total. The highest BCUT2D eigenvalue weighted by Gasteiger charge is 2.26. The van der Waals surface area contributed by atoms with Crippen molar-refractivity contribution in [3.05, 3.63) is 46.4 Å². The number of benzene rings is 2. The fourth-order valence-corrected chi connectivity index (χ4v) is 3.76. The molecule has 0 atom stereocenters. The number of carbonyl (C=O) groups excluding carboxylic acids is 2. The molecule has 1 heterocycles. The Kier molecular flexibility index (Phi) is 8.01. The summed E-state index contributed by atoms with van der Waals surface area (Å²) in [6, 6.07) is 10.2. The number of hydrogen-bond acceptors (Lipinski definition) is 5. The maximum Gasteiger partial charge on any atom is 0.238 e. The first-order valence-corrected chi connectivity index (χ1v) is 10.7. The molecule has 2 aromatic rings. The lowest BCUT2D eigenvalue weighted by atomic mass is 9.96. The van der Waals surface area contributed by atoms with E-state index in [-0.39, 0.29) is 24.3 Å². The Morgan fingerprint density at radius 3 is 2.39 bits per heavy atom. The predicted octanol–water partition coefficient (Wildman–Crippen LogP) is 4.30. The summed E-state index contributed by atoms with van der Waals surface area (Å²) in [5, 5.41) is 6.60. The summed E-state index contributed by atoms with van der Waals surface area (Å²) in [5.74, 6) is 0.879. The van der Waals surface area contributed by atoms with Crippen LogP contribution in [-0.2, 0) is 9.59 Å². The van der Waals surface area contributed by atoms with Crippen LogP contribution in [0.25, 0.3) is 0 Å². The van der Waals surface area contributed by atoms with E-state index in [2.05, 4.69) is 10.6 Å². The van der Waals surface area contributed by atoms with Crippen molar-refractivity contribution in [1.29, 1.82) is 0 Å². The smallest absolute Gasteiger partial charge is 0.238 e. The minimum absolute atomic E-state index is 0.0505. The maximum absolute atomic E-state index is 12.5. The van der Waals surface area contributed by atoms with Crippen molar-refractivity contribution >= 4 is 46.4 Å². The van der Waals surface area contributed by atoms with Crippen LogP contribution in [0.15, 0.2) is 36.4 Å². The van der Waals surface area contributed by atoms with Gasteiger partial charge < -0.3 is 20.1 Å². The van der Waals surface area contributed by atoms with E-state index < -0.39 is 0 Å². The number of rotatable bonds is 7. The Bertz CT molecular complexity index is 946. The molecule has 166 valence electrons. The van der Waals surface area contributed by atoms with Crippen molar-refractivity contribution in [3.8, 4) is 11.5 Å². The molecule has 0 bridgehead atoms. The molecule has 1 fully saturated rings. The minimum atomic E-state index is -0.137. The fourth-order valence-electron chi connectivity index (χ4n) is 3.47. The molecule has 0 aliphatic carbocycles. The third-order valence-corrected chi connectivity index (χ3v) is 5.93. The van der Waals surface area contributed by atoms with Crippen molar-refractivity contribution in [3.63, 3.8) is 0 Å². The Morgan fingerprint density at radius 2 is 1.74 bits per heavy atom. The first-order valence-electron chi connectivity index (χ1n) is 9.89. The van der Waals surface area contributed by atoms with Gasteiger partial charge in [-0.2, -0.15) is 0 Å². The molecular weight excluding hydrogens is 441 g/mol. The highest BCUT2D eigenvalue weighted by Crippen LogP contribution is 2.29. The molecule has 9 heteroatoms. The van der Waals surface area contributed by atoms with E-state index in [0.29, 0.717) is 58.9 Å². The van der Waals surface area contributed by atoms with Gasteiger partial charge in [0.2, 0.25) is 11.8 Å². The number of anilines is 2. The van der Waals surface area contributed by atoms with Gasteiger partial charge in [0, 0.05) is 17.7 Å². The zero-order valence-corrected chi connectivity index (χ0v) is 18.9. The van der Waals surface area contributed by atoms with Crippen LogP contribution in [-0.4, -0.2) is 50.6 Å². The van der Waals surface area contributed by atoms with Crippen molar-refractivity contribution in [2.45, 2.75) is 12.8 Å². The molecule has 0 radical (unpaired) electrons. The number of carbonyl (C=O) groups is 2. The third-order valence-electron chi connectivity index (χ3n) is 5.20. The van der Waals surface area contributed by atoms with E-state index in [1.54, 1.807) is 43.5 Å². The van der Waals surface area contributed by atoms with Crippen LogP contribution >= 0.6 is 23.2 Å². The first kappa shape index (κ1) is 23.2. The summed E-state index contributed by atoms with van der Waals surface area (Å²) in [6.07, 6.45) is 1.35. The van der Waals surface area contributed by atoms with Gasteiger partial charge in [-0.1, -0.05) is 23.2 Å². The van der Waals surface area contributed by atoms with Crippen LogP contribution in [0, 0.1) is 5.92 Å². The third kappa shape index (κ3) is 6.26. The average molecular weight is 466 g/mol. The topological polar surface area (TPSA) is 79.9 Å². The van der Waals surface area contributed by atoms with E-state index >= 15 is 0 Å². The number of likely N-dealkylation sites (tertiary alicyclic amines) is 1. The van der Waals surface area contributed by atoms with Crippen LogP contribution in [0.1, 0.15) is 12.8 Å². The summed E-state index contributed by atoms with van der Waals surface area (Å²) < 4.78 is 10.5. The number of nitrogens with one attached hydrogen (secondary N) is 2. The molecule has 2 aromatic carbocycles. The largest absolute Gasteiger partial charge is 0.497 e. The number of amides is 2. The van der Waals surface area contributed by atoms with Gasteiger partial charge in [-0.05, 0) is 56.3 Å². The molecule has 1 aliphatic rings. The number of methoxy groups -OCH3 is 2. The highest BCUT2D eigenvalue weighted by molar-refractivity contribution is 6.42. The summed E-state index contributed by atoms with van der Waals surface area (Å²) in [6.45, 7) is 1.57. The van der Waals surface area contributed by atoms with Gasteiger partial charge in [-0.25, -0.2) is 0 Å². The maximum atomic E-state index is 12.5. The van der Waals surface area contributed by atoms with Crippen molar-refractivity contribution in [2.24, 2.45) is 5.92 Å².